The summed E-state index contributed by atoms with van der Waals surface area (Å²) in [5.41, 5.74) is -0.584. The second-order valence-corrected chi connectivity index (χ2v) is 12.9. The lowest BCUT2D eigenvalue weighted by atomic mass is 9.99. The molecular weight excluding hydrogens is 701 g/mol. The Kier molecular flexibility index (Phi) is 3.94. The highest BCUT2D eigenvalue weighted by molar-refractivity contribution is 6.23. The first-order valence-corrected chi connectivity index (χ1v) is 17.5. The fourth-order valence-corrected chi connectivity index (χ4v) is 7.21. The Morgan fingerprint density at radius 3 is 2.04 bits per heavy atom. The van der Waals surface area contributed by atoms with Gasteiger partial charge in [0, 0.05) is 38.1 Å². The molecule has 0 amide bonds. The maximum atomic E-state index is 9.62. The maximum Gasteiger partial charge on any atom is 0.238 e. The molecular formula is C51H30N4O2. The summed E-state index contributed by atoms with van der Waals surface area (Å²) in [5, 5.41) is -0.114. The van der Waals surface area contributed by atoms with E-state index in [0.717, 1.165) is 4.57 Å². The largest absolute Gasteiger partial charge is 0.456 e. The molecule has 0 saturated heterocycles. The van der Waals surface area contributed by atoms with Crippen LogP contribution in [0.1, 0.15) is 26.0 Å². The molecule has 266 valence electrons. The predicted octanol–water partition coefficient (Wildman–Crippen LogP) is 13.4. The molecule has 6 heteroatoms. The minimum absolute atomic E-state index is 0.0241. The standard InChI is InChI=1S/C51H30N4O2/c1-3-12-31(13-4-1)32-22-24-34(25-23-32)49-52-50(35-26-27-40-45(30-35)56-44-21-11-18-36(46(40)44)33-14-5-2-6-15-33)54-51(53-49)55-41-19-9-7-17-39(41)47-42(55)29-28-38-37-16-8-10-20-43(37)57-48(38)47/h1-30H/i2D,5D,6D,7D,8D,9D,10D,14D,15D,16D,17D,19D,20D,22D,23D,24D,25D,28D,29D. The molecule has 57 heavy (non-hydrogen) atoms. The fraction of sp³-hybridized carbons (Fsp3) is 0. The van der Waals surface area contributed by atoms with Crippen molar-refractivity contribution in [2.75, 3.05) is 0 Å². The molecule has 0 aliphatic carbocycles. The van der Waals surface area contributed by atoms with Gasteiger partial charge in [-0.05, 0) is 64.6 Å². The van der Waals surface area contributed by atoms with Crippen LogP contribution < -0.4 is 0 Å². The van der Waals surface area contributed by atoms with Crippen molar-refractivity contribution in [3.8, 4) is 51.0 Å². The molecule has 4 aromatic heterocycles. The van der Waals surface area contributed by atoms with Crippen molar-refractivity contribution in [3.63, 3.8) is 0 Å². The Hall–Kier alpha value is -7.83. The van der Waals surface area contributed by atoms with E-state index in [1.807, 2.05) is 0 Å². The van der Waals surface area contributed by atoms with Crippen molar-refractivity contribution >= 4 is 65.7 Å². The van der Waals surface area contributed by atoms with Gasteiger partial charge in [-0.3, -0.25) is 4.57 Å². The quantitative estimate of drug-likeness (QED) is 0.175. The van der Waals surface area contributed by atoms with Crippen molar-refractivity contribution in [1.82, 2.24) is 19.5 Å². The Morgan fingerprint density at radius 1 is 0.421 bits per heavy atom. The number of hydrogen-bond donors (Lipinski definition) is 0. The van der Waals surface area contributed by atoms with Crippen molar-refractivity contribution in [1.29, 1.82) is 0 Å². The molecule has 0 unspecified atom stereocenters. The lowest BCUT2D eigenvalue weighted by molar-refractivity contribution is 0.669. The molecule has 0 aliphatic heterocycles. The summed E-state index contributed by atoms with van der Waals surface area (Å²) in [6.07, 6.45) is 0. The lowest BCUT2D eigenvalue weighted by Gasteiger charge is -2.11. The van der Waals surface area contributed by atoms with Gasteiger partial charge in [0.15, 0.2) is 11.6 Å². The molecule has 8 aromatic carbocycles. The van der Waals surface area contributed by atoms with Crippen LogP contribution in [0.5, 0.6) is 0 Å². The van der Waals surface area contributed by atoms with Gasteiger partial charge in [0.1, 0.15) is 22.3 Å². The summed E-state index contributed by atoms with van der Waals surface area (Å²) in [7, 11) is 0. The summed E-state index contributed by atoms with van der Waals surface area (Å²) < 4.78 is 183. The first-order chi connectivity index (χ1) is 36.2. The highest BCUT2D eigenvalue weighted by Crippen LogP contribution is 2.41. The van der Waals surface area contributed by atoms with E-state index < -0.39 is 132 Å². The van der Waals surface area contributed by atoms with E-state index in [2.05, 4.69) is 0 Å². The Labute approximate surface area is 352 Å². The molecule has 0 bridgehead atoms. The smallest absolute Gasteiger partial charge is 0.238 e. The summed E-state index contributed by atoms with van der Waals surface area (Å²) >= 11 is 0. The average molecular weight is 750 g/mol. The molecule has 4 heterocycles. The average Bonchev–Trinajstić information content (AvgIpc) is 4.21. The third-order valence-corrected chi connectivity index (χ3v) is 9.73. The molecule has 0 radical (unpaired) electrons. The molecule has 0 saturated carbocycles. The molecule has 12 aromatic rings. The third kappa shape index (κ3) is 4.94. The van der Waals surface area contributed by atoms with E-state index in [0.29, 0.717) is 16.3 Å². The van der Waals surface area contributed by atoms with E-state index >= 15 is 0 Å². The summed E-state index contributed by atoms with van der Waals surface area (Å²) in [4.78, 5) is 14.3. The zero-order chi connectivity index (χ0) is 54.0. The second kappa shape index (κ2) is 12.3. The number of benzene rings is 8. The highest BCUT2D eigenvalue weighted by Gasteiger charge is 2.22. The normalized spacial score (nSPS) is 16.5. The number of hydrogen-bond acceptors (Lipinski definition) is 5. The van der Waals surface area contributed by atoms with Crippen LogP contribution in [0.4, 0.5) is 0 Å². The van der Waals surface area contributed by atoms with Crippen molar-refractivity contribution in [2.45, 2.75) is 0 Å². The van der Waals surface area contributed by atoms with E-state index in [9.17, 15) is 11.0 Å². The monoisotopic (exact) mass is 749 g/mol. The van der Waals surface area contributed by atoms with Gasteiger partial charge in [0.05, 0.1) is 42.5 Å². The van der Waals surface area contributed by atoms with Crippen LogP contribution in [0.15, 0.2) is 190 Å². The van der Waals surface area contributed by atoms with Crippen LogP contribution in [0.2, 0.25) is 0 Å². The van der Waals surface area contributed by atoms with Gasteiger partial charge in [-0.2, -0.15) is 9.97 Å². The van der Waals surface area contributed by atoms with E-state index in [-0.39, 0.29) is 83.0 Å². The number of nitrogens with zero attached hydrogens (tertiary/aromatic N) is 4. The van der Waals surface area contributed by atoms with Crippen LogP contribution in [0, 0.1) is 0 Å². The molecule has 0 N–H and O–H groups in total. The number of rotatable bonds is 5. The minimum atomic E-state index is -0.733. The first-order valence-electron chi connectivity index (χ1n) is 27.0. The summed E-state index contributed by atoms with van der Waals surface area (Å²) in [5.74, 6) is -1.21. The van der Waals surface area contributed by atoms with Gasteiger partial charge in [0.25, 0.3) is 0 Å². The maximum absolute atomic E-state index is 9.62. The van der Waals surface area contributed by atoms with E-state index in [4.69, 9.17) is 38.9 Å². The van der Waals surface area contributed by atoms with Crippen LogP contribution in [0.25, 0.3) is 117 Å². The minimum Gasteiger partial charge on any atom is -0.456 e. The van der Waals surface area contributed by atoms with E-state index in [1.165, 1.54) is 6.07 Å². The zero-order valence-electron chi connectivity index (χ0n) is 48.0. The number of para-hydroxylation sites is 2. The Balaban J connectivity index is 1.20. The SMILES string of the molecule is [2H]c1c([2H])c([2H])c(-c2cccc3oc4cc(-c5nc(-c6c([2H])c([2H])c(-c7ccccc7)c([2H])c6[2H])nc(-n6c7c([2H])c([2H])c([2H])c([2H])c7c7c8oc9c([2H])c([2H])c([2H])c([2H])c9c8c([2H])c([2H])c76)n5)ccc4c23)c([2H])c1[2H]. The van der Waals surface area contributed by atoms with Crippen LogP contribution in [-0.4, -0.2) is 19.5 Å². The van der Waals surface area contributed by atoms with Crippen LogP contribution in [-0.2, 0) is 0 Å². The Morgan fingerprint density at radius 2 is 1.18 bits per heavy atom. The van der Waals surface area contributed by atoms with Gasteiger partial charge in [-0.25, -0.2) is 4.98 Å². The summed E-state index contributed by atoms with van der Waals surface area (Å²) in [6.45, 7) is 0. The van der Waals surface area contributed by atoms with Gasteiger partial charge in [-0.1, -0.05) is 139 Å². The van der Waals surface area contributed by atoms with Gasteiger partial charge in [-0.15, -0.1) is 0 Å². The van der Waals surface area contributed by atoms with Crippen molar-refractivity contribution in [2.24, 2.45) is 0 Å². The lowest BCUT2D eigenvalue weighted by Crippen LogP contribution is -2.06. The van der Waals surface area contributed by atoms with Crippen LogP contribution in [0.3, 0.4) is 0 Å². The third-order valence-electron chi connectivity index (χ3n) is 9.73. The molecule has 0 fully saturated rings. The molecule has 6 nitrogen and oxygen atoms in total. The topological polar surface area (TPSA) is 69.9 Å². The van der Waals surface area contributed by atoms with E-state index in [1.54, 1.807) is 60.7 Å². The zero-order valence-corrected chi connectivity index (χ0v) is 29.0. The summed E-state index contributed by atoms with van der Waals surface area (Å²) in [6, 6.07) is 6.78. The van der Waals surface area contributed by atoms with Crippen molar-refractivity contribution < 1.29 is 34.9 Å². The Bertz CT molecular complexity index is 4590. The number of aromatic nitrogens is 4. The number of furan rings is 2. The predicted molar refractivity (Wildman–Crippen MR) is 230 cm³/mol. The van der Waals surface area contributed by atoms with Gasteiger partial charge >= 0.3 is 0 Å². The first kappa shape index (κ1) is 18.2. The molecule has 12 rings (SSSR count). The van der Waals surface area contributed by atoms with Crippen LogP contribution >= 0.6 is 0 Å². The van der Waals surface area contributed by atoms with Crippen molar-refractivity contribution in [3.05, 3.63) is 182 Å². The second-order valence-electron chi connectivity index (χ2n) is 12.9. The molecule has 0 aliphatic rings. The highest BCUT2D eigenvalue weighted by atomic mass is 16.3. The van der Waals surface area contributed by atoms with Gasteiger partial charge < -0.3 is 8.83 Å². The molecule has 0 atom stereocenters. The molecule has 0 spiro atoms. The fourth-order valence-electron chi connectivity index (χ4n) is 7.21. The van der Waals surface area contributed by atoms with Gasteiger partial charge in [0.2, 0.25) is 5.95 Å². The number of fused-ring (bicyclic) bond motifs is 10.